The highest BCUT2D eigenvalue weighted by Gasteiger charge is 2.23. The molecule has 0 unspecified atom stereocenters. The molecule has 0 radical (unpaired) electrons. The first-order valence-corrected chi connectivity index (χ1v) is 7.67. The normalized spacial score (nSPS) is 14.1. The van der Waals surface area contributed by atoms with Crippen molar-refractivity contribution in [3.05, 3.63) is 28.7 Å². The van der Waals surface area contributed by atoms with Crippen LogP contribution in [0.15, 0.2) is 33.6 Å². The fraction of sp³-hybridized carbons (Fsp3) is 0.500. The van der Waals surface area contributed by atoms with E-state index in [9.17, 15) is 8.42 Å². The van der Waals surface area contributed by atoms with Crippen LogP contribution in [-0.2, 0) is 9.84 Å². The van der Waals surface area contributed by atoms with Crippen LogP contribution in [0.1, 0.15) is 27.2 Å². The molecular formula is C12H17BrO2S. The van der Waals surface area contributed by atoms with E-state index in [1.54, 1.807) is 31.2 Å². The molecule has 1 rings (SSSR count). The highest BCUT2D eigenvalue weighted by atomic mass is 79.9. The van der Waals surface area contributed by atoms with E-state index in [0.29, 0.717) is 17.2 Å². The Morgan fingerprint density at radius 1 is 1.12 bits per heavy atom. The molecule has 0 amide bonds. The summed E-state index contributed by atoms with van der Waals surface area (Å²) in [4.78, 5) is 0.406. The molecule has 0 spiro atoms. The second kappa shape index (κ2) is 5.32. The first-order valence-electron chi connectivity index (χ1n) is 5.33. The maximum atomic E-state index is 12.2. The van der Waals surface area contributed by atoms with Gasteiger partial charge in [0.25, 0.3) is 0 Å². The summed E-state index contributed by atoms with van der Waals surface area (Å²) in [7, 11) is -3.17. The molecule has 0 heterocycles. The van der Waals surface area contributed by atoms with Crippen molar-refractivity contribution in [3.63, 3.8) is 0 Å². The van der Waals surface area contributed by atoms with Gasteiger partial charge in [-0.2, -0.15) is 0 Å². The Morgan fingerprint density at radius 3 is 2.06 bits per heavy atom. The van der Waals surface area contributed by atoms with Gasteiger partial charge in [-0.3, -0.25) is 0 Å². The molecule has 1 aromatic rings. The molecule has 0 bridgehead atoms. The zero-order valence-electron chi connectivity index (χ0n) is 9.77. The molecule has 0 fully saturated rings. The van der Waals surface area contributed by atoms with Crippen LogP contribution in [0.4, 0.5) is 0 Å². The van der Waals surface area contributed by atoms with Gasteiger partial charge in [0.2, 0.25) is 0 Å². The third kappa shape index (κ3) is 3.32. The summed E-state index contributed by atoms with van der Waals surface area (Å²) in [5.74, 6) is 0.389. The van der Waals surface area contributed by atoms with Gasteiger partial charge in [0.1, 0.15) is 0 Å². The Morgan fingerprint density at radius 2 is 1.62 bits per heavy atom. The van der Waals surface area contributed by atoms with Crippen LogP contribution in [-0.4, -0.2) is 13.7 Å². The molecule has 0 saturated carbocycles. The fourth-order valence-corrected chi connectivity index (χ4v) is 3.53. The molecule has 1 aromatic carbocycles. The zero-order chi connectivity index (χ0) is 12.3. The smallest absolute Gasteiger partial charge is 0.180 e. The molecule has 0 aromatic heterocycles. The summed E-state index contributed by atoms with van der Waals surface area (Å²) in [6, 6.07) is 6.82. The maximum absolute atomic E-state index is 12.2. The molecule has 1 atom stereocenters. The summed E-state index contributed by atoms with van der Waals surface area (Å²) in [5.41, 5.74) is 0. The monoisotopic (exact) mass is 304 g/mol. The van der Waals surface area contributed by atoms with Crippen LogP contribution in [0.3, 0.4) is 0 Å². The summed E-state index contributed by atoms with van der Waals surface area (Å²) < 4.78 is 25.2. The number of sulfone groups is 1. The van der Waals surface area contributed by atoms with Crippen molar-refractivity contribution in [1.29, 1.82) is 0 Å². The van der Waals surface area contributed by atoms with E-state index in [0.717, 1.165) is 4.47 Å². The average Bonchev–Trinajstić information content (AvgIpc) is 2.17. The van der Waals surface area contributed by atoms with E-state index in [2.05, 4.69) is 15.9 Å². The highest BCUT2D eigenvalue weighted by Crippen LogP contribution is 2.22. The second-order valence-electron chi connectivity index (χ2n) is 4.44. The standard InChI is InChI=1S/C12H17BrO2S/c1-9(2)8-10(3)16(14,15)12-6-4-11(13)5-7-12/h4-7,9-10H,8H2,1-3H3/t10-/m0/s1. The van der Waals surface area contributed by atoms with Crippen molar-refractivity contribution < 1.29 is 8.42 Å². The molecule has 4 heteroatoms. The molecule has 0 aliphatic carbocycles. The van der Waals surface area contributed by atoms with Crippen LogP contribution in [0, 0.1) is 5.92 Å². The Bertz CT molecular complexity index is 435. The van der Waals surface area contributed by atoms with E-state index >= 15 is 0 Å². The summed E-state index contributed by atoms with van der Waals surface area (Å²) in [5, 5.41) is -0.325. The number of hydrogen-bond acceptors (Lipinski definition) is 2. The second-order valence-corrected chi connectivity index (χ2v) is 7.72. The summed E-state index contributed by atoms with van der Waals surface area (Å²) in [6.45, 7) is 5.85. The van der Waals surface area contributed by atoms with Gasteiger partial charge in [0.15, 0.2) is 9.84 Å². The Labute approximate surface area is 106 Å². The molecule has 0 saturated heterocycles. The Hall–Kier alpha value is -0.350. The van der Waals surface area contributed by atoms with Crippen molar-refractivity contribution in [1.82, 2.24) is 0 Å². The van der Waals surface area contributed by atoms with Gasteiger partial charge >= 0.3 is 0 Å². The molecule has 0 aliphatic rings. The summed E-state index contributed by atoms with van der Waals surface area (Å²) >= 11 is 3.29. The maximum Gasteiger partial charge on any atom is 0.180 e. The summed E-state index contributed by atoms with van der Waals surface area (Å²) in [6.07, 6.45) is 0.693. The van der Waals surface area contributed by atoms with Gasteiger partial charge < -0.3 is 0 Å². The average molecular weight is 305 g/mol. The van der Waals surface area contributed by atoms with Crippen LogP contribution in [0.5, 0.6) is 0 Å². The van der Waals surface area contributed by atoms with Gasteiger partial charge in [-0.05, 0) is 43.5 Å². The van der Waals surface area contributed by atoms with E-state index in [4.69, 9.17) is 0 Å². The van der Waals surface area contributed by atoms with E-state index < -0.39 is 9.84 Å². The lowest BCUT2D eigenvalue weighted by atomic mass is 10.1. The Kier molecular flexibility index (Phi) is 4.56. The lowest BCUT2D eigenvalue weighted by Gasteiger charge is -2.15. The van der Waals surface area contributed by atoms with Crippen LogP contribution >= 0.6 is 15.9 Å². The number of rotatable bonds is 4. The molecule has 90 valence electrons. The number of benzene rings is 1. The van der Waals surface area contributed by atoms with Crippen molar-refractivity contribution in [2.24, 2.45) is 5.92 Å². The van der Waals surface area contributed by atoms with Gasteiger partial charge in [-0.25, -0.2) is 8.42 Å². The van der Waals surface area contributed by atoms with Crippen LogP contribution in [0.25, 0.3) is 0 Å². The fourth-order valence-electron chi connectivity index (χ4n) is 1.65. The molecule has 0 N–H and O–H groups in total. The SMILES string of the molecule is CC(C)C[C@H](C)S(=O)(=O)c1ccc(Br)cc1. The minimum absolute atomic E-state index is 0.325. The lowest BCUT2D eigenvalue weighted by molar-refractivity contribution is 0.537. The van der Waals surface area contributed by atoms with Crippen molar-refractivity contribution in [2.45, 2.75) is 37.3 Å². The minimum atomic E-state index is -3.17. The number of hydrogen-bond donors (Lipinski definition) is 0. The highest BCUT2D eigenvalue weighted by molar-refractivity contribution is 9.10. The van der Waals surface area contributed by atoms with Gasteiger partial charge in [-0.1, -0.05) is 29.8 Å². The first kappa shape index (κ1) is 13.7. The molecule has 0 aliphatic heterocycles. The zero-order valence-corrected chi connectivity index (χ0v) is 12.2. The van der Waals surface area contributed by atoms with E-state index in [1.165, 1.54) is 0 Å². The minimum Gasteiger partial charge on any atom is -0.223 e. The predicted molar refractivity (Wildman–Crippen MR) is 70.2 cm³/mol. The van der Waals surface area contributed by atoms with Gasteiger partial charge in [0, 0.05) is 4.47 Å². The predicted octanol–water partition coefficient (Wildman–Crippen LogP) is 3.66. The van der Waals surface area contributed by atoms with Crippen LogP contribution in [0.2, 0.25) is 0 Å². The number of halogens is 1. The van der Waals surface area contributed by atoms with Crippen molar-refractivity contribution in [2.75, 3.05) is 0 Å². The van der Waals surface area contributed by atoms with Crippen LogP contribution < -0.4 is 0 Å². The third-order valence-corrected chi connectivity index (χ3v) is 5.19. The van der Waals surface area contributed by atoms with Crippen molar-refractivity contribution >= 4 is 25.8 Å². The molecule has 2 nitrogen and oxygen atoms in total. The Balaban J connectivity index is 2.97. The topological polar surface area (TPSA) is 34.1 Å². The van der Waals surface area contributed by atoms with Gasteiger partial charge in [0.05, 0.1) is 10.1 Å². The van der Waals surface area contributed by atoms with E-state index in [1.807, 2.05) is 13.8 Å². The van der Waals surface area contributed by atoms with E-state index in [-0.39, 0.29) is 5.25 Å². The van der Waals surface area contributed by atoms with Crippen molar-refractivity contribution in [3.8, 4) is 0 Å². The first-order chi connectivity index (χ1) is 7.34. The lowest BCUT2D eigenvalue weighted by Crippen LogP contribution is -2.19. The third-order valence-electron chi connectivity index (χ3n) is 2.48. The largest absolute Gasteiger partial charge is 0.223 e. The quantitative estimate of drug-likeness (QED) is 0.851. The van der Waals surface area contributed by atoms with Gasteiger partial charge in [-0.15, -0.1) is 0 Å². The molecule has 16 heavy (non-hydrogen) atoms. The molecular weight excluding hydrogens is 288 g/mol.